The molecule has 0 aliphatic carbocycles. The molecule has 0 unspecified atom stereocenters. The Morgan fingerprint density at radius 2 is 1.74 bits per heavy atom. The highest BCUT2D eigenvalue weighted by Gasteiger charge is 2.38. The molecule has 0 N–H and O–H groups in total. The van der Waals surface area contributed by atoms with Gasteiger partial charge in [-0.15, -0.1) is 0 Å². The summed E-state index contributed by atoms with van der Waals surface area (Å²) in [6.07, 6.45) is -4.72. The highest BCUT2D eigenvalue weighted by atomic mass is 19.4. The molecule has 2 aromatic rings. The predicted octanol–water partition coefficient (Wildman–Crippen LogP) is 3.26. The molecule has 10 heteroatoms. The molecule has 146 valence electrons. The van der Waals surface area contributed by atoms with Crippen molar-refractivity contribution in [3.63, 3.8) is 0 Å². The van der Waals surface area contributed by atoms with Crippen LogP contribution in [0.4, 0.5) is 13.2 Å². The topological polar surface area (TPSA) is 85.5 Å². The van der Waals surface area contributed by atoms with Gasteiger partial charge in [0.25, 0.3) is 0 Å². The van der Waals surface area contributed by atoms with Gasteiger partial charge in [-0.1, -0.05) is 50.2 Å². The largest absolute Gasteiger partial charge is 0.471 e. The summed E-state index contributed by atoms with van der Waals surface area (Å²) in [5, 5.41) is 4.21. The number of nitrogens with zero attached hydrogens (tertiary/aromatic N) is 3. The van der Waals surface area contributed by atoms with Crippen molar-refractivity contribution in [3.05, 3.63) is 35.7 Å². The summed E-state index contributed by atoms with van der Waals surface area (Å²) in [6, 6.07) is 6.06. The zero-order chi connectivity index (χ0) is 20.4. The van der Waals surface area contributed by atoms with Gasteiger partial charge >= 0.3 is 18.0 Å². The Balaban J connectivity index is 2.13. The molecule has 0 saturated heterocycles. The van der Waals surface area contributed by atoms with E-state index >= 15 is 0 Å². The van der Waals surface area contributed by atoms with Crippen LogP contribution in [0.5, 0.6) is 0 Å². The predicted molar refractivity (Wildman–Crippen MR) is 86.8 cm³/mol. The van der Waals surface area contributed by atoms with E-state index in [0.717, 1.165) is 5.06 Å². The van der Waals surface area contributed by atoms with Crippen LogP contribution in [-0.2, 0) is 27.1 Å². The second-order valence-corrected chi connectivity index (χ2v) is 6.72. The van der Waals surface area contributed by atoms with Crippen molar-refractivity contribution in [2.75, 3.05) is 7.11 Å². The minimum atomic E-state index is -4.72. The van der Waals surface area contributed by atoms with Gasteiger partial charge in [-0.05, 0) is 5.56 Å². The maximum atomic E-state index is 12.5. The standard InChI is InChI=1S/C17H18F3N3O4/c1-16(2,3)12(24)14(25)23(26-4)9-10-5-7-11(8-6-10)13-21-15(27-22-13)17(18,19)20/h5-8H,9H2,1-4H3. The third-order valence-corrected chi connectivity index (χ3v) is 3.53. The van der Waals surface area contributed by atoms with Gasteiger partial charge in [0.2, 0.25) is 11.6 Å². The van der Waals surface area contributed by atoms with Gasteiger partial charge in [0.1, 0.15) is 0 Å². The Bertz CT molecular complexity index is 823. The van der Waals surface area contributed by atoms with Crippen molar-refractivity contribution < 1.29 is 32.1 Å². The monoisotopic (exact) mass is 385 g/mol. The Labute approximate surface area is 153 Å². The van der Waals surface area contributed by atoms with Crippen LogP contribution >= 0.6 is 0 Å². The van der Waals surface area contributed by atoms with Gasteiger partial charge in [0.15, 0.2) is 0 Å². The Morgan fingerprint density at radius 1 is 1.15 bits per heavy atom. The van der Waals surface area contributed by atoms with E-state index in [1.165, 1.54) is 19.2 Å². The van der Waals surface area contributed by atoms with Crippen molar-refractivity contribution in [2.24, 2.45) is 5.41 Å². The molecule has 0 radical (unpaired) electrons. The molecule has 2 rings (SSSR count). The summed E-state index contributed by atoms with van der Waals surface area (Å²) in [4.78, 5) is 32.6. The van der Waals surface area contributed by atoms with Crippen LogP contribution in [0.25, 0.3) is 11.4 Å². The molecule has 0 bridgehead atoms. The van der Waals surface area contributed by atoms with E-state index in [1.807, 2.05) is 0 Å². The number of carbonyl (C=O) groups is 2. The number of hydrogen-bond donors (Lipinski definition) is 0. The van der Waals surface area contributed by atoms with Gasteiger partial charge in [-0.25, -0.2) is 5.06 Å². The highest BCUT2D eigenvalue weighted by molar-refractivity contribution is 6.37. The van der Waals surface area contributed by atoms with E-state index in [9.17, 15) is 22.8 Å². The van der Waals surface area contributed by atoms with Crippen molar-refractivity contribution in [1.82, 2.24) is 15.2 Å². The third-order valence-electron chi connectivity index (χ3n) is 3.53. The Kier molecular flexibility index (Phi) is 5.69. The average molecular weight is 385 g/mol. The highest BCUT2D eigenvalue weighted by Crippen LogP contribution is 2.29. The van der Waals surface area contributed by atoms with Crippen LogP contribution in [0, 0.1) is 5.41 Å². The van der Waals surface area contributed by atoms with Crippen LogP contribution in [-0.4, -0.2) is 34.0 Å². The molecule has 7 nitrogen and oxygen atoms in total. The molecule has 0 aliphatic heterocycles. The molecule has 1 amide bonds. The zero-order valence-corrected chi connectivity index (χ0v) is 15.1. The molecule has 0 fully saturated rings. The second-order valence-electron chi connectivity index (χ2n) is 6.72. The third kappa shape index (κ3) is 4.91. The van der Waals surface area contributed by atoms with E-state index in [-0.39, 0.29) is 12.4 Å². The number of alkyl halides is 3. The summed E-state index contributed by atoms with van der Waals surface area (Å²) < 4.78 is 41.7. The smallest absolute Gasteiger partial charge is 0.329 e. The van der Waals surface area contributed by atoms with E-state index in [4.69, 9.17) is 4.84 Å². The summed E-state index contributed by atoms with van der Waals surface area (Å²) in [7, 11) is 1.26. The van der Waals surface area contributed by atoms with E-state index < -0.39 is 29.2 Å². The van der Waals surface area contributed by atoms with Crippen LogP contribution in [0.3, 0.4) is 0 Å². The van der Waals surface area contributed by atoms with Crippen LogP contribution in [0.2, 0.25) is 0 Å². The maximum absolute atomic E-state index is 12.5. The maximum Gasteiger partial charge on any atom is 0.471 e. The first-order chi connectivity index (χ1) is 12.4. The number of hydrogen-bond acceptors (Lipinski definition) is 6. The van der Waals surface area contributed by atoms with Gasteiger partial charge in [0, 0.05) is 11.0 Å². The van der Waals surface area contributed by atoms with E-state index in [2.05, 4.69) is 14.7 Å². The van der Waals surface area contributed by atoms with Crippen LogP contribution in [0.15, 0.2) is 28.8 Å². The van der Waals surface area contributed by atoms with Crippen molar-refractivity contribution in [3.8, 4) is 11.4 Å². The second kappa shape index (κ2) is 7.47. The summed E-state index contributed by atoms with van der Waals surface area (Å²) in [5.74, 6) is -3.04. The van der Waals surface area contributed by atoms with Crippen LogP contribution in [0.1, 0.15) is 32.2 Å². The molecule has 27 heavy (non-hydrogen) atoms. The molecule has 1 aromatic carbocycles. The molecular weight excluding hydrogens is 367 g/mol. The first-order valence-electron chi connectivity index (χ1n) is 7.84. The lowest BCUT2D eigenvalue weighted by atomic mass is 9.90. The fourth-order valence-electron chi connectivity index (χ4n) is 2.03. The van der Waals surface area contributed by atoms with Gasteiger partial charge < -0.3 is 4.52 Å². The van der Waals surface area contributed by atoms with E-state index in [1.54, 1.807) is 32.9 Å². The number of aromatic nitrogens is 2. The minimum Gasteiger partial charge on any atom is -0.329 e. The first-order valence-corrected chi connectivity index (χ1v) is 7.84. The lowest BCUT2D eigenvalue weighted by Gasteiger charge is -2.23. The van der Waals surface area contributed by atoms with Gasteiger partial charge in [0.05, 0.1) is 13.7 Å². The lowest BCUT2D eigenvalue weighted by molar-refractivity contribution is -0.184. The molecule has 0 atom stereocenters. The molecular formula is C17H18F3N3O4. The Hall–Kier alpha value is -2.75. The minimum absolute atomic E-state index is 0.0164. The fraction of sp³-hybridized carbons (Fsp3) is 0.412. The van der Waals surface area contributed by atoms with Gasteiger partial charge in [-0.3, -0.25) is 14.4 Å². The molecule has 1 heterocycles. The number of hydroxylamine groups is 2. The average Bonchev–Trinajstić information content (AvgIpc) is 3.08. The quantitative estimate of drug-likeness (QED) is 0.580. The molecule has 0 aliphatic rings. The lowest BCUT2D eigenvalue weighted by Crippen LogP contribution is -2.40. The molecule has 0 spiro atoms. The number of carbonyl (C=O) groups excluding carboxylic acids is 2. The number of halogens is 3. The fourth-order valence-corrected chi connectivity index (χ4v) is 2.03. The molecule has 0 saturated carbocycles. The molecule has 1 aromatic heterocycles. The van der Waals surface area contributed by atoms with E-state index in [0.29, 0.717) is 11.1 Å². The summed E-state index contributed by atoms with van der Waals surface area (Å²) in [5.41, 5.74) is 0.0428. The zero-order valence-electron chi connectivity index (χ0n) is 15.1. The number of amides is 1. The van der Waals surface area contributed by atoms with Crippen molar-refractivity contribution >= 4 is 11.7 Å². The number of rotatable bonds is 5. The summed E-state index contributed by atoms with van der Waals surface area (Å²) >= 11 is 0. The Morgan fingerprint density at radius 3 is 2.19 bits per heavy atom. The first kappa shape index (κ1) is 20.6. The number of benzene rings is 1. The number of ketones is 1. The summed E-state index contributed by atoms with van der Waals surface area (Å²) in [6.45, 7) is 4.85. The number of Topliss-reactive ketones (excluding diaryl/α,β-unsaturated/α-hetero) is 1. The van der Waals surface area contributed by atoms with Gasteiger partial charge in [-0.2, -0.15) is 18.2 Å². The normalized spacial score (nSPS) is 12.1. The van der Waals surface area contributed by atoms with Crippen molar-refractivity contribution in [1.29, 1.82) is 0 Å². The van der Waals surface area contributed by atoms with Crippen LogP contribution < -0.4 is 0 Å². The van der Waals surface area contributed by atoms with Crippen molar-refractivity contribution in [2.45, 2.75) is 33.5 Å². The SMILES string of the molecule is CON(Cc1ccc(-c2noc(C(F)(F)F)n2)cc1)C(=O)C(=O)C(C)(C)C.